The number of carbonyl (C=O) groups is 1. The Labute approximate surface area is 177 Å². The zero-order valence-electron chi connectivity index (χ0n) is 17.0. The average molecular weight is 455 g/mol. The summed E-state index contributed by atoms with van der Waals surface area (Å²) >= 11 is 0. The van der Waals surface area contributed by atoms with Gasteiger partial charge in [0, 0.05) is 20.6 Å². The molecule has 7 nitrogen and oxygen atoms in total. The second-order valence-electron chi connectivity index (χ2n) is 6.86. The number of hydrogen-bond donors (Lipinski definition) is 0. The molecule has 0 fully saturated rings. The van der Waals surface area contributed by atoms with Gasteiger partial charge < -0.3 is 9.30 Å². The fraction of sp³-hybridized carbons (Fsp3) is 0.300. The topological polar surface area (TPSA) is 81.5 Å². The van der Waals surface area contributed by atoms with E-state index in [0.29, 0.717) is 23.4 Å². The van der Waals surface area contributed by atoms with E-state index in [0.717, 1.165) is 28.6 Å². The minimum absolute atomic E-state index is 0.0217. The number of esters is 1. The summed E-state index contributed by atoms with van der Waals surface area (Å²) < 4.78 is 70.7. The van der Waals surface area contributed by atoms with E-state index in [4.69, 9.17) is 4.74 Å². The van der Waals surface area contributed by atoms with Gasteiger partial charge in [-0.3, -0.25) is 0 Å². The molecule has 0 radical (unpaired) electrons. The first-order chi connectivity index (χ1) is 14.4. The van der Waals surface area contributed by atoms with Crippen LogP contribution in [0.15, 0.2) is 47.4 Å². The summed E-state index contributed by atoms with van der Waals surface area (Å²) in [6, 6.07) is 8.26. The molecule has 31 heavy (non-hydrogen) atoms. The maximum Gasteiger partial charge on any atom is 0.416 e. The Hall–Kier alpha value is -2.92. The standard InChI is InChI=1S/C20H20F3N3O4S/c1-4-26-17-10-9-15(31(28,29)25(2)3)11-16(17)24-18(26)12-30-19(27)13-5-7-14(8-6-13)20(21,22)23/h5-11H,4,12H2,1-3H3. The third-order valence-electron chi connectivity index (χ3n) is 4.67. The van der Waals surface area contributed by atoms with E-state index in [1.54, 1.807) is 10.6 Å². The number of halogens is 3. The molecule has 0 saturated heterocycles. The number of benzene rings is 2. The van der Waals surface area contributed by atoms with Crippen LogP contribution in [0, 0.1) is 0 Å². The fourth-order valence-electron chi connectivity index (χ4n) is 3.00. The zero-order chi connectivity index (χ0) is 23.0. The first-order valence-corrected chi connectivity index (χ1v) is 10.6. The molecule has 3 rings (SSSR count). The highest BCUT2D eigenvalue weighted by Crippen LogP contribution is 2.29. The maximum atomic E-state index is 12.7. The molecule has 3 aromatic rings. The van der Waals surface area contributed by atoms with Crippen molar-refractivity contribution in [3.05, 3.63) is 59.4 Å². The molecule has 0 saturated carbocycles. The van der Waals surface area contributed by atoms with E-state index in [9.17, 15) is 26.4 Å². The minimum atomic E-state index is -4.49. The van der Waals surface area contributed by atoms with E-state index in [1.807, 2.05) is 6.92 Å². The maximum absolute atomic E-state index is 12.7. The van der Waals surface area contributed by atoms with E-state index in [-0.39, 0.29) is 17.1 Å². The van der Waals surface area contributed by atoms with Gasteiger partial charge in [-0.05, 0) is 49.4 Å². The number of rotatable bonds is 6. The lowest BCUT2D eigenvalue weighted by atomic mass is 10.1. The third-order valence-corrected chi connectivity index (χ3v) is 6.48. The molecule has 166 valence electrons. The van der Waals surface area contributed by atoms with E-state index >= 15 is 0 Å². The highest BCUT2D eigenvalue weighted by Gasteiger charge is 2.30. The molecule has 0 aliphatic carbocycles. The number of fused-ring (bicyclic) bond motifs is 1. The van der Waals surface area contributed by atoms with Gasteiger partial charge in [0.1, 0.15) is 12.4 Å². The second-order valence-corrected chi connectivity index (χ2v) is 9.01. The normalized spacial score (nSPS) is 12.5. The van der Waals surface area contributed by atoms with Crippen LogP contribution in [-0.2, 0) is 34.1 Å². The van der Waals surface area contributed by atoms with Crippen molar-refractivity contribution in [2.45, 2.75) is 31.1 Å². The van der Waals surface area contributed by atoms with Gasteiger partial charge in [0.25, 0.3) is 0 Å². The smallest absolute Gasteiger partial charge is 0.416 e. The van der Waals surface area contributed by atoms with Crippen LogP contribution in [0.3, 0.4) is 0 Å². The van der Waals surface area contributed by atoms with Gasteiger partial charge in [-0.2, -0.15) is 13.2 Å². The number of nitrogens with zero attached hydrogens (tertiary/aromatic N) is 3. The van der Waals surface area contributed by atoms with E-state index in [2.05, 4.69) is 4.98 Å². The number of sulfonamides is 1. The quantitative estimate of drug-likeness (QED) is 0.530. The molecule has 0 spiro atoms. The Balaban J connectivity index is 1.83. The van der Waals surface area contributed by atoms with Gasteiger partial charge in [0.15, 0.2) is 0 Å². The Morgan fingerprint density at radius 2 is 1.77 bits per heavy atom. The van der Waals surface area contributed by atoms with E-state index < -0.39 is 27.7 Å². The van der Waals surface area contributed by atoms with Crippen LogP contribution >= 0.6 is 0 Å². The van der Waals surface area contributed by atoms with Crippen molar-refractivity contribution in [2.75, 3.05) is 14.1 Å². The molecule has 2 aromatic carbocycles. The summed E-state index contributed by atoms with van der Waals surface area (Å²) in [6.45, 7) is 2.12. The van der Waals surface area contributed by atoms with Crippen LogP contribution in [0.25, 0.3) is 11.0 Å². The number of ether oxygens (including phenoxy) is 1. The van der Waals surface area contributed by atoms with Crippen LogP contribution in [0.5, 0.6) is 0 Å². The highest BCUT2D eigenvalue weighted by atomic mass is 32.2. The van der Waals surface area contributed by atoms with Crippen molar-refractivity contribution in [3.8, 4) is 0 Å². The fourth-order valence-corrected chi connectivity index (χ4v) is 3.92. The van der Waals surface area contributed by atoms with Crippen LogP contribution in [0.4, 0.5) is 13.2 Å². The molecule has 1 aromatic heterocycles. The van der Waals surface area contributed by atoms with Crippen LogP contribution < -0.4 is 0 Å². The Kier molecular flexibility index (Phi) is 6.10. The summed E-state index contributed by atoms with van der Waals surface area (Å²) in [7, 11) is -0.782. The number of aromatic nitrogens is 2. The molecule has 0 atom stereocenters. The summed E-state index contributed by atoms with van der Waals surface area (Å²) in [4.78, 5) is 16.7. The number of imidazole rings is 1. The molecular weight excluding hydrogens is 435 g/mol. The predicted molar refractivity (Wildman–Crippen MR) is 107 cm³/mol. The molecule has 0 bridgehead atoms. The summed E-state index contributed by atoms with van der Waals surface area (Å²) in [5.41, 5.74) is 0.206. The van der Waals surface area contributed by atoms with Crippen molar-refractivity contribution in [2.24, 2.45) is 0 Å². The van der Waals surface area contributed by atoms with Crippen molar-refractivity contribution in [3.63, 3.8) is 0 Å². The lowest BCUT2D eigenvalue weighted by molar-refractivity contribution is -0.137. The molecule has 0 N–H and O–H groups in total. The van der Waals surface area contributed by atoms with Gasteiger partial charge in [0.2, 0.25) is 10.0 Å². The number of hydrogen-bond acceptors (Lipinski definition) is 5. The lowest BCUT2D eigenvalue weighted by Gasteiger charge is -2.11. The number of aryl methyl sites for hydroxylation is 1. The molecule has 0 aliphatic rings. The van der Waals surface area contributed by atoms with Crippen LogP contribution in [0.1, 0.15) is 28.7 Å². The van der Waals surface area contributed by atoms with E-state index in [1.165, 1.54) is 26.2 Å². The summed E-state index contributed by atoms with van der Waals surface area (Å²) in [5.74, 6) is -0.406. The second kappa shape index (κ2) is 8.31. The van der Waals surface area contributed by atoms with Gasteiger partial charge >= 0.3 is 12.1 Å². The summed E-state index contributed by atoms with van der Waals surface area (Å²) in [6.07, 6.45) is -4.49. The van der Waals surface area contributed by atoms with Crippen molar-refractivity contribution < 1.29 is 31.1 Å². The first kappa shape index (κ1) is 22.8. The molecule has 1 heterocycles. The van der Waals surface area contributed by atoms with Crippen LogP contribution in [0.2, 0.25) is 0 Å². The van der Waals surface area contributed by atoms with Gasteiger partial charge in [-0.1, -0.05) is 0 Å². The molecule has 0 aliphatic heterocycles. The molecular formula is C20H20F3N3O4S. The Morgan fingerprint density at radius 3 is 2.32 bits per heavy atom. The lowest BCUT2D eigenvalue weighted by Crippen LogP contribution is -2.22. The Bertz CT molecular complexity index is 1220. The zero-order valence-corrected chi connectivity index (χ0v) is 17.8. The number of alkyl halides is 3. The first-order valence-electron chi connectivity index (χ1n) is 9.21. The predicted octanol–water partition coefficient (Wildman–Crippen LogP) is 3.68. The SMILES string of the molecule is CCn1c(COC(=O)c2ccc(C(F)(F)F)cc2)nc2cc(S(=O)(=O)N(C)C)ccc21. The molecule has 0 unspecified atom stereocenters. The third kappa shape index (κ3) is 4.57. The van der Waals surface area contributed by atoms with Gasteiger partial charge in [0.05, 0.1) is 27.1 Å². The largest absolute Gasteiger partial charge is 0.454 e. The average Bonchev–Trinajstić information content (AvgIpc) is 3.07. The van der Waals surface area contributed by atoms with Gasteiger partial charge in [-0.15, -0.1) is 0 Å². The summed E-state index contributed by atoms with van der Waals surface area (Å²) in [5, 5.41) is 0. The molecule has 11 heteroatoms. The number of carbonyl (C=O) groups excluding carboxylic acids is 1. The Morgan fingerprint density at radius 1 is 1.13 bits per heavy atom. The van der Waals surface area contributed by atoms with Crippen LogP contribution in [-0.4, -0.2) is 42.3 Å². The van der Waals surface area contributed by atoms with Crippen molar-refractivity contribution in [1.29, 1.82) is 0 Å². The highest BCUT2D eigenvalue weighted by molar-refractivity contribution is 7.89. The molecule has 0 amide bonds. The van der Waals surface area contributed by atoms with Crippen molar-refractivity contribution >= 4 is 27.0 Å². The monoisotopic (exact) mass is 455 g/mol. The minimum Gasteiger partial charge on any atom is -0.454 e. The van der Waals surface area contributed by atoms with Crippen molar-refractivity contribution in [1.82, 2.24) is 13.9 Å². The van der Waals surface area contributed by atoms with Gasteiger partial charge in [-0.25, -0.2) is 22.5 Å².